The SMILES string of the molecule is Cc1cccc(F)c1.O=c1c(C2CCCCC2)cc(-c2cnn(C(F)F)c2)nn1Cc1ncccc1C(F)(F)F. The van der Waals surface area contributed by atoms with Crippen LogP contribution in [0.25, 0.3) is 11.3 Å². The monoisotopic (exact) mass is 563 g/mol. The number of pyridine rings is 1. The highest BCUT2D eigenvalue weighted by Gasteiger charge is 2.34. The van der Waals surface area contributed by atoms with Crippen molar-refractivity contribution in [3.05, 3.63) is 99.6 Å². The number of benzene rings is 1. The lowest BCUT2D eigenvalue weighted by molar-refractivity contribution is -0.138. The van der Waals surface area contributed by atoms with Crippen molar-refractivity contribution in [2.24, 2.45) is 0 Å². The third-order valence-corrected chi connectivity index (χ3v) is 6.62. The van der Waals surface area contributed by atoms with Crippen molar-refractivity contribution in [2.75, 3.05) is 0 Å². The Morgan fingerprint density at radius 1 is 1.05 bits per heavy atom. The average molecular weight is 564 g/mol. The van der Waals surface area contributed by atoms with Crippen LogP contribution in [0.5, 0.6) is 0 Å². The largest absolute Gasteiger partial charge is 0.418 e. The first-order chi connectivity index (χ1) is 19.0. The number of rotatable bonds is 5. The van der Waals surface area contributed by atoms with E-state index in [-0.39, 0.29) is 28.7 Å². The quantitative estimate of drug-likeness (QED) is 0.242. The summed E-state index contributed by atoms with van der Waals surface area (Å²) in [7, 11) is 0. The molecule has 0 saturated heterocycles. The second kappa shape index (κ2) is 12.5. The van der Waals surface area contributed by atoms with Gasteiger partial charge in [0.25, 0.3) is 5.56 Å². The first-order valence-electron chi connectivity index (χ1n) is 12.7. The summed E-state index contributed by atoms with van der Waals surface area (Å²) >= 11 is 0. The molecule has 1 fully saturated rings. The molecular weight excluding hydrogens is 536 g/mol. The predicted molar refractivity (Wildman–Crippen MR) is 136 cm³/mol. The van der Waals surface area contributed by atoms with Gasteiger partial charge in [-0.2, -0.15) is 32.1 Å². The van der Waals surface area contributed by atoms with Gasteiger partial charge >= 0.3 is 12.7 Å². The number of nitrogens with zero attached hydrogens (tertiary/aromatic N) is 5. The lowest BCUT2D eigenvalue weighted by atomic mass is 9.84. The minimum Gasteiger partial charge on any atom is -0.267 e. The van der Waals surface area contributed by atoms with Crippen molar-refractivity contribution < 1.29 is 26.3 Å². The third-order valence-electron chi connectivity index (χ3n) is 6.62. The average Bonchev–Trinajstić information content (AvgIpc) is 3.41. The van der Waals surface area contributed by atoms with Gasteiger partial charge in [0.1, 0.15) is 5.82 Å². The van der Waals surface area contributed by atoms with Gasteiger partial charge in [-0.05, 0) is 61.6 Å². The Bertz CT molecular complexity index is 1470. The molecule has 5 rings (SSSR count). The van der Waals surface area contributed by atoms with Crippen molar-refractivity contribution >= 4 is 0 Å². The molecule has 6 nitrogen and oxygen atoms in total. The van der Waals surface area contributed by atoms with E-state index in [1.54, 1.807) is 12.1 Å². The van der Waals surface area contributed by atoms with Crippen LogP contribution in [0.4, 0.5) is 26.3 Å². The van der Waals surface area contributed by atoms with Crippen LogP contribution in [0.3, 0.4) is 0 Å². The molecule has 1 aromatic carbocycles. The Hall–Kier alpha value is -3.96. The standard InChI is InChI=1S/C21H20F5N5O.C7H7F/c22-20(23)31-11-14(10-28-31)17-9-15(13-5-2-1-3-6-13)19(32)30(29-17)12-18-16(21(24,25)26)7-4-8-27-18;1-6-3-2-4-7(8)5-6/h4,7-11,13,20H,1-3,5-6,12H2;2-5H,1H3. The van der Waals surface area contributed by atoms with Crippen LogP contribution in [0.2, 0.25) is 0 Å². The number of aromatic nitrogens is 5. The van der Waals surface area contributed by atoms with Gasteiger partial charge in [0.05, 0.1) is 29.7 Å². The molecule has 4 aromatic rings. The van der Waals surface area contributed by atoms with E-state index in [1.807, 2.05) is 13.0 Å². The summed E-state index contributed by atoms with van der Waals surface area (Å²) in [6.45, 7) is -1.48. The van der Waals surface area contributed by atoms with Crippen molar-refractivity contribution in [3.8, 4) is 11.3 Å². The maximum Gasteiger partial charge on any atom is 0.418 e. The van der Waals surface area contributed by atoms with Crippen LogP contribution in [-0.2, 0) is 12.7 Å². The van der Waals surface area contributed by atoms with Gasteiger partial charge in [-0.25, -0.2) is 13.8 Å². The second-order valence-electron chi connectivity index (χ2n) is 9.56. The Labute approximate surface area is 226 Å². The molecule has 3 heterocycles. The molecule has 0 bridgehead atoms. The molecule has 0 amide bonds. The first-order valence-corrected chi connectivity index (χ1v) is 12.7. The molecule has 12 heteroatoms. The van der Waals surface area contributed by atoms with E-state index in [0.717, 1.165) is 54.6 Å². The van der Waals surface area contributed by atoms with Crippen LogP contribution in [0.15, 0.2) is 65.8 Å². The number of hydrogen-bond acceptors (Lipinski definition) is 4. The molecule has 1 saturated carbocycles. The molecule has 3 aromatic heterocycles. The normalized spacial score (nSPS) is 14.2. The fraction of sp³-hybridized carbons (Fsp3) is 0.357. The Morgan fingerprint density at radius 3 is 2.40 bits per heavy atom. The first kappa shape index (κ1) is 29.0. The van der Waals surface area contributed by atoms with Crippen LogP contribution >= 0.6 is 0 Å². The van der Waals surface area contributed by atoms with E-state index in [1.165, 1.54) is 30.6 Å². The summed E-state index contributed by atoms with van der Waals surface area (Å²) in [6.07, 6.45) is 3.31. The molecule has 0 aliphatic heterocycles. The zero-order valence-electron chi connectivity index (χ0n) is 21.6. The van der Waals surface area contributed by atoms with Gasteiger partial charge in [-0.3, -0.25) is 9.78 Å². The summed E-state index contributed by atoms with van der Waals surface area (Å²) in [5.41, 5.74) is 0.0258. The fourth-order valence-electron chi connectivity index (χ4n) is 4.66. The number of hydrogen-bond donors (Lipinski definition) is 0. The summed E-state index contributed by atoms with van der Waals surface area (Å²) < 4.78 is 79.7. The number of aryl methyl sites for hydroxylation is 1. The third kappa shape index (κ3) is 7.16. The topological polar surface area (TPSA) is 65.6 Å². The zero-order chi connectivity index (χ0) is 28.9. The van der Waals surface area contributed by atoms with Crippen LogP contribution in [-0.4, -0.2) is 24.5 Å². The van der Waals surface area contributed by atoms with Crippen LogP contribution < -0.4 is 5.56 Å². The molecule has 1 aliphatic rings. The lowest BCUT2D eigenvalue weighted by Gasteiger charge is -2.22. The van der Waals surface area contributed by atoms with E-state index in [2.05, 4.69) is 15.2 Å². The van der Waals surface area contributed by atoms with Crippen molar-refractivity contribution in [2.45, 2.75) is 64.2 Å². The molecule has 1 aliphatic carbocycles. The minimum atomic E-state index is -4.64. The van der Waals surface area contributed by atoms with E-state index in [0.29, 0.717) is 10.2 Å². The summed E-state index contributed by atoms with van der Waals surface area (Å²) in [6, 6.07) is 10.1. The number of alkyl halides is 5. The van der Waals surface area contributed by atoms with Crippen LogP contribution in [0.1, 0.15) is 67.0 Å². The second-order valence-corrected chi connectivity index (χ2v) is 9.56. The van der Waals surface area contributed by atoms with Gasteiger partial charge in [-0.1, -0.05) is 31.4 Å². The van der Waals surface area contributed by atoms with Crippen molar-refractivity contribution in [3.63, 3.8) is 0 Å². The maximum atomic E-state index is 13.4. The highest BCUT2D eigenvalue weighted by atomic mass is 19.4. The van der Waals surface area contributed by atoms with Gasteiger partial charge in [0.15, 0.2) is 0 Å². The highest BCUT2D eigenvalue weighted by Crippen LogP contribution is 2.33. The van der Waals surface area contributed by atoms with E-state index in [9.17, 15) is 31.1 Å². The fourth-order valence-corrected chi connectivity index (χ4v) is 4.66. The summed E-state index contributed by atoms with van der Waals surface area (Å²) in [5, 5.41) is 7.78. The highest BCUT2D eigenvalue weighted by molar-refractivity contribution is 5.57. The maximum absolute atomic E-state index is 13.4. The molecular formula is C28H27F6N5O. The zero-order valence-corrected chi connectivity index (χ0v) is 21.6. The molecule has 40 heavy (non-hydrogen) atoms. The van der Waals surface area contributed by atoms with Gasteiger partial charge < -0.3 is 0 Å². The van der Waals surface area contributed by atoms with Gasteiger partial charge in [0.2, 0.25) is 0 Å². The van der Waals surface area contributed by atoms with Gasteiger partial charge in [-0.15, -0.1) is 0 Å². The van der Waals surface area contributed by atoms with E-state index < -0.39 is 30.4 Å². The Balaban J connectivity index is 0.000000398. The smallest absolute Gasteiger partial charge is 0.267 e. The summed E-state index contributed by atoms with van der Waals surface area (Å²) in [5.74, 6) is -0.231. The number of halogens is 6. The predicted octanol–water partition coefficient (Wildman–Crippen LogP) is 7.15. The van der Waals surface area contributed by atoms with E-state index >= 15 is 0 Å². The van der Waals surface area contributed by atoms with E-state index in [4.69, 9.17) is 0 Å². The molecule has 0 unspecified atom stereocenters. The van der Waals surface area contributed by atoms with Crippen molar-refractivity contribution in [1.82, 2.24) is 24.5 Å². The lowest BCUT2D eigenvalue weighted by Crippen LogP contribution is -2.30. The molecule has 212 valence electrons. The molecule has 0 radical (unpaired) electrons. The van der Waals surface area contributed by atoms with Crippen LogP contribution in [0, 0.1) is 12.7 Å². The van der Waals surface area contributed by atoms with Gasteiger partial charge in [0, 0.05) is 23.5 Å². The molecule has 0 spiro atoms. The molecule has 0 N–H and O–H groups in total. The Kier molecular flexibility index (Phi) is 9.06. The Morgan fingerprint density at radius 2 is 1.80 bits per heavy atom. The molecule has 0 atom stereocenters. The summed E-state index contributed by atoms with van der Waals surface area (Å²) in [4.78, 5) is 17.0. The minimum absolute atomic E-state index is 0.0692. The van der Waals surface area contributed by atoms with Crippen molar-refractivity contribution in [1.29, 1.82) is 0 Å².